The second-order valence-corrected chi connectivity index (χ2v) is 8.46. The highest BCUT2D eigenvalue weighted by Gasteiger charge is 2.25. The third kappa shape index (κ3) is 5.94. The molecular formula is C27H27F2N5O4. The van der Waals surface area contributed by atoms with Gasteiger partial charge >= 0.3 is 0 Å². The second-order valence-electron chi connectivity index (χ2n) is 8.46. The standard InChI is InChI=1S/C27H27F2N5O4/c1-37-16-20(18-8-6-17(7-9-18)15-34-12-4-3-5-23(34)35)25-19(13-32-33-25)27(36)31-14-21-24(26(28)29)22(38-2)10-11-30-21/h3-13,20,26H,14-16H2,1-2H3,(H,31,36)(H,32,33). The Labute approximate surface area is 217 Å². The minimum atomic E-state index is -2.82. The number of amides is 1. The van der Waals surface area contributed by atoms with Gasteiger partial charge in [-0.2, -0.15) is 5.10 Å². The van der Waals surface area contributed by atoms with Crippen molar-refractivity contribution in [2.75, 3.05) is 20.8 Å². The van der Waals surface area contributed by atoms with Crippen molar-refractivity contribution in [2.45, 2.75) is 25.4 Å². The van der Waals surface area contributed by atoms with Crippen LogP contribution in [0.1, 0.15) is 50.8 Å². The molecule has 1 atom stereocenters. The Hall–Kier alpha value is -4.38. The molecule has 2 N–H and O–H groups in total. The molecule has 198 valence electrons. The number of aromatic nitrogens is 4. The summed E-state index contributed by atoms with van der Waals surface area (Å²) in [4.78, 5) is 29.1. The average molecular weight is 524 g/mol. The molecule has 0 aliphatic rings. The van der Waals surface area contributed by atoms with E-state index in [0.717, 1.165) is 11.1 Å². The van der Waals surface area contributed by atoms with Gasteiger partial charge in [0.25, 0.3) is 17.9 Å². The molecule has 9 nitrogen and oxygen atoms in total. The molecule has 11 heteroatoms. The molecule has 0 fully saturated rings. The van der Waals surface area contributed by atoms with Crippen LogP contribution in [0.2, 0.25) is 0 Å². The zero-order valence-corrected chi connectivity index (χ0v) is 20.9. The Morgan fingerprint density at radius 2 is 1.92 bits per heavy atom. The third-order valence-corrected chi connectivity index (χ3v) is 6.10. The van der Waals surface area contributed by atoms with Crippen molar-refractivity contribution in [1.82, 2.24) is 25.1 Å². The first-order chi connectivity index (χ1) is 18.4. The highest BCUT2D eigenvalue weighted by Crippen LogP contribution is 2.31. The molecule has 1 unspecified atom stereocenters. The number of nitrogens with one attached hydrogen (secondary N) is 2. The highest BCUT2D eigenvalue weighted by atomic mass is 19.3. The zero-order valence-electron chi connectivity index (χ0n) is 20.9. The van der Waals surface area contributed by atoms with E-state index in [1.54, 1.807) is 30.0 Å². The summed E-state index contributed by atoms with van der Waals surface area (Å²) in [6.45, 7) is 0.447. The van der Waals surface area contributed by atoms with Crippen LogP contribution < -0.4 is 15.6 Å². The second kappa shape index (κ2) is 12.2. The number of aromatic amines is 1. The maximum Gasteiger partial charge on any atom is 0.269 e. The molecule has 4 rings (SSSR count). The van der Waals surface area contributed by atoms with Gasteiger partial charge in [0, 0.05) is 31.8 Å². The van der Waals surface area contributed by atoms with Crippen LogP contribution in [0.4, 0.5) is 8.78 Å². The lowest BCUT2D eigenvalue weighted by Gasteiger charge is -2.17. The number of carbonyl (C=O) groups excluding carboxylic acids is 1. The number of hydrogen-bond donors (Lipinski definition) is 2. The molecule has 3 aromatic heterocycles. The summed E-state index contributed by atoms with van der Waals surface area (Å²) in [5, 5.41) is 9.67. The lowest BCUT2D eigenvalue weighted by Crippen LogP contribution is -2.26. The van der Waals surface area contributed by atoms with Crippen LogP contribution in [0, 0.1) is 0 Å². The number of ether oxygens (including phenoxy) is 2. The minimum absolute atomic E-state index is 0.00370. The molecule has 0 bridgehead atoms. The summed E-state index contributed by atoms with van der Waals surface area (Å²) < 4.78 is 39.3. The molecular weight excluding hydrogens is 496 g/mol. The zero-order chi connectivity index (χ0) is 27.1. The summed E-state index contributed by atoms with van der Waals surface area (Å²) in [7, 11) is 2.85. The number of methoxy groups -OCH3 is 2. The van der Waals surface area contributed by atoms with E-state index in [1.807, 2.05) is 24.3 Å². The van der Waals surface area contributed by atoms with Crippen LogP contribution in [0.15, 0.2) is 71.9 Å². The largest absolute Gasteiger partial charge is 0.496 e. The van der Waals surface area contributed by atoms with Crippen molar-refractivity contribution < 1.29 is 23.0 Å². The SMILES string of the molecule is COCC(c1ccc(Cn2ccccc2=O)cc1)c1n[nH]cc1C(=O)NCc1nccc(OC)c1C(F)F. The van der Waals surface area contributed by atoms with Crippen LogP contribution in [0.3, 0.4) is 0 Å². The number of halogens is 2. The first-order valence-corrected chi connectivity index (χ1v) is 11.8. The van der Waals surface area contributed by atoms with E-state index in [-0.39, 0.29) is 47.2 Å². The molecule has 0 saturated heterocycles. The van der Waals surface area contributed by atoms with E-state index < -0.39 is 12.3 Å². The van der Waals surface area contributed by atoms with Crippen LogP contribution in [-0.4, -0.2) is 46.5 Å². The number of benzene rings is 1. The van der Waals surface area contributed by atoms with Crippen molar-refractivity contribution in [1.29, 1.82) is 0 Å². The molecule has 0 saturated carbocycles. The predicted octanol–water partition coefficient (Wildman–Crippen LogP) is 3.67. The number of rotatable bonds is 11. The van der Waals surface area contributed by atoms with Crippen LogP contribution in [0.25, 0.3) is 0 Å². The summed E-state index contributed by atoms with van der Waals surface area (Å²) in [5.74, 6) is -0.879. The van der Waals surface area contributed by atoms with Gasteiger partial charge in [-0.1, -0.05) is 30.3 Å². The van der Waals surface area contributed by atoms with Gasteiger partial charge in [-0.15, -0.1) is 0 Å². The lowest BCUT2D eigenvalue weighted by atomic mass is 9.93. The number of alkyl halides is 2. The van der Waals surface area contributed by atoms with E-state index in [0.29, 0.717) is 12.2 Å². The Kier molecular flexibility index (Phi) is 8.59. The Balaban J connectivity index is 1.53. The van der Waals surface area contributed by atoms with Crippen LogP contribution in [0.5, 0.6) is 5.75 Å². The van der Waals surface area contributed by atoms with Crippen molar-refractivity contribution >= 4 is 5.91 Å². The maximum absolute atomic E-state index is 13.6. The molecule has 1 amide bonds. The highest BCUT2D eigenvalue weighted by molar-refractivity contribution is 5.95. The fourth-order valence-electron chi connectivity index (χ4n) is 4.20. The maximum atomic E-state index is 13.6. The fraction of sp³-hybridized carbons (Fsp3) is 0.259. The van der Waals surface area contributed by atoms with Crippen molar-refractivity contribution in [2.24, 2.45) is 0 Å². The summed E-state index contributed by atoms with van der Waals surface area (Å²) in [6.07, 6.45) is 1.71. The topological polar surface area (TPSA) is 111 Å². The van der Waals surface area contributed by atoms with E-state index in [2.05, 4.69) is 20.5 Å². The van der Waals surface area contributed by atoms with Gasteiger partial charge in [0.1, 0.15) is 5.75 Å². The van der Waals surface area contributed by atoms with E-state index in [4.69, 9.17) is 9.47 Å². The lowest BCUT2D eigenvalue weighted by molar-refractivity contribution is 0.0946. The molecule has 3 heterocycles. The number of pyridine rings is 2. The Morgan fingerprint density at radius 1 is 1.13 bits per heavy atom. The molecule has 0 aliphatic heterocycles. The third-order valence-electron chi connectivity index (χ3n) is 6.10. The first kappa shape index (κ1) is 26.7. The summed E-state index contributed by atoms with van der Waals surface area (Å²) in [6, 6.07) is 14.0. The number of nitrogens with zero attached hydrogens (tertiary/aromatic N) is 3. The molecule has 1 aromatic carbocycles. The van der Waals surface area contributed by atoms with E-state index in [9.17, 15) is 18.4 Å². The molecule has 0 radical (unpaired) electrons. The number of hydrogen-bond acceptors (Lipinski definition) is 6. The fourth-order valence-corrected chi connectivity index (χ4v) is 4.20. The van der Waals surface area contributed by atoms with Gasteiger partial charge in [0.15, 0.2) is 0 Å². The molecule has 4 aromatic rings. The van der Waals surface area contributed by atoms with Crippen molar-refractivity contribution in [3.63, 3.8) is 0 Å². The monoisotopic (exact) mass is 523 g/mol. The van der Waals surface area contributed by atoms with Crippen LogP contribution >= 0.6 is 0 Å². The van der Waals surface area contributed by atoms with Gasteiger partial charge in [-0.25, -0.2) is 8.78 Å². The van der Waals surface area contributed by atoms with Gasteiger partial charge in [0.2, 0.25) is 0 Å². The minimum Gasteiger partial charge on any atom is -0.496 e. The quantitative estimate of drug-likeness (QED) is 0.310. The molecule has 0 spiro atoms. The van der Waals surface area contributed by atoms with Gasteiger partial charge < -0.3 is 19.4 Å². The van der Waals surface area contributed by atoms with E-state index >= 15 is 0 Å². The number of H-pyrrole nitrogens is 1. The van der Waals surface area contributed by atoms with Crippen molar-refractivity contribution in [3.8, 4) is 5.75 Å². The molecule has 38 heavy (non-hydrogen) atoms. The summed E-state index contributed by atoms with van der Waals surface area (Å²) >= 11 is 0. The summed E-state index contributed by atoms with van der Waals surface area (Å²) in [5.41, 5.74) is 2.05. The molecule has 0 aliphatic carbocycles. The van der Waals surface area contributed by atoms with Crippen LogP contribution in [-0.2, 0) is 17.8 Å². The van der Waals surface area contributed by atoms with Gasteiger partial charge in [-0.05, 0) is 23.3 Å². The predicted molar refractivity (Wildman–Crippen MR) is 135 cm³/mol. The normalized spacial score (nSPS) is 11.9. The Bertz CT molecular complexity index is 1440. The number of carbonyl (C=O) groups is 1. The Morgan fingerprint density at radius 3 is 2.61 bits per heavy atom. The first-order valence-electron chi connectivity index (χ1n) is 11.8. The van der Waals surface area contributed by atoms with E-state index in [1.165, 1.54) is 31.6 Å². The van der Waals surface area contributed by atoms with Gasteiger partial charge in [0.05, 0.1) is 55.2 Å². The van der Waals surface area contributed by atoms with Gasteiger partial charge in [-0.3, -0.25) is 19.7 Å². The average Bonchev–Trinajstić information content (AvgIpc) is 3.41. The smallest absolute Gasteiger partial charge is 0.269 e. The van der Waals surface area contributed by atoms with Crippen molar-refractivity contribution in [3.05, 3.63) is 111 Å².